The van der Waals surface area contributed by atoms with Gasteiger partial charge in [0.15, 0.2) is 17.5 Å². The van der Waals surface area contributed by atoms with Gasteiger partial charge in [-0.15, -0.1) is 0 Å². The van der Waals surface area contributed by atoms with E-state index >= 15 is 0 Å². The summed E-state index contributed by atoms with van der Waals surface area (Å²) in [6.07, 6.45) is -0.553. The maximum atomic E-state index is 13.1. The number of nitrogens with one attached hydrogen (secondary N) is 2. The largest absolute Gasteiger partial charge is 0.444 e. The van der Waals surface area contributed by atoms with Crippen LogP contribution in [0, 0.1) is 17.5 Å². The molecule has 0 saturated heterocycles. The average Bonchev–Trinajstić information content (AvgIpc) is 2.32. The van der Waals surface area contributed by atoms with Gasteiger partial charge < -0.3 is 15.4 Å². The van der Waals surface area contributed by atoms with Gasteiger partial charge in [0.25, 0.3) is 0 Å². The monoisotopic (exact) mass is 332 g/mol. The van der Waals surface area contributed by atoms with Crippen molar-refractivity contribution in [3.63, 3.8) is 0 Å². The molecule has 0 atom stereocenters. The zero-order chi connectivity index (χ0) is 17.8. The zero-order valence-electron chi connectivity index (χ0n) is 14.0. The number of alkyl carbamates (subject to hydrolysis) is 1. The predicted octanol–water partition coefficient (Wildman–Crippen LogP) is 3.50. The Hall–Kier alpha value is -1.76. The molecule has 1 aromatic rings. The van der Waals surface area contributed by atoms with Crippen molar-refractivity contribution in [3.8, 4) is 0 Å². The van der Waals surface area contributed by atoms with E-state index in [4.69, 9.17) is 4.74 Å². The number of benzene rings is 1. The van der Waals surface area contributed by atoms with Crippen LogP contribution in [0.15, 0.2) is 12.1 Å². The minimum atomic E-state index is -1.49. The molecule has 0 aliphatic rings. The minimum absolute atomic E-state index is 0.132. The van der Waals surface area contributed by atoms with Crippen LogP contribution >= 0.6 is 0 Å². The first kappa shape index (κ1) is 19.3. The van der Waals surface area contributed by atoms with Crippen molar-refractivity contribution in [2.45, 2.75) is 52.3 Å². The summed E-state index contributed by atoms with van der Waals surface area (Å²) in [6.45, 7) is 9.28. The lowest BCUT2D eigenvalue weighted by Gasteiger charge is -2.29. The van der Waals surface area contributed by atoms with Gasteiger partial charge in [-0.3, -0.25) is 0 Å². The van der Waals surface area contributed by atoms with Crippen LogP contribution in [0.5, 0.6) is 0 Å². The second kappa shape index (κ2) is 7.21. The van der Waals surface area contributed by atoms with Crippen molar-refractivity contribution >= 4 is 6.09 Å². The number of rotatable bonds is 5. The highest BCUT2D eigenvalue weighted by Crippen LogP contribution is 2.14. The van der Waals surface area contributed by atoms with Gasteiger partial charge in [0.2, 0.25) is 0 Å². The van der Waals surface area contributed by atoms with Crippen LogP contribution in [0.25, 0.3) is 0 Å². The third kappa shape index (κ3) is 6.90. The first-order chi connectivity index (χ1) is 10.4. The molecule has 0 saturated carbocycles. The van der Waals surface area contributed by atoms with E-state index in [0.29, 0.717) is 6.54 Å². The molecule has 130 valence electrons. The molecule has 7 heteroatoms. The van der Waals surface area contributed by atoms with Crippen molar-refractivity contribution in [3.05, 3.63) is 35.1 Å². The summed E-state index contributed by atoms with van der Waals surface area (Å²) in [5, 5.41) is 5.66. The molecular formula is C16H23F3N2O2. The fraction of sp³-hybridized carbons (Fsp3) is 0.562. The smallest absolute Gasteiger partial charge is 0.408 e. The van der Waals surface area contributed by atoms with Gasteiger partial charge in [-0.25, -0.2) is 18.0 Å². The maximum absolute atomic E-state index is 13.1. The molecule has 4 nitrogen and oxygen atoms in total. The molecule has 0 aromatic heterocycles. The van der Waals surface area contributed by atoms with Crippen LogP contribution in [-0.2, 0) is 11.3 Å². The Morgan fingerprint density at radius 1 is 1.09 bits per heavy atom. The molecule has 0 aliphatic heterocycles. The van der Waals surface area contributed by atoms with Gasteiger partial charge in [-0.2, -0.15) is 0 Å². The zero-order valence-corrected chi connectivity index (χ0v) is 14.0. The summed E-state index contributed by atoms with van der Waals surface area (Å²) in [5.41, 5.74) is -0.967. The summed E-state index contributed by atoms with van der Waals surface area (Å²) in [4.78, 5) is 11.7. The third-order valence-electron chi connectivity index (χ3n) is 2.78. The Balaban J connectivity index is 2.52. The molecule has 1 amide bonds. The number of hydrogen-bond donors (Lipinski definition) is 2. The van der Waals surface area contributed by atoms with Gasteiger partial charge >= 0.3 is 6.09 Å². The highest BCUT2D eigenvalue weighted by atomic mass is 19.2. The van der Waals surface area contributed by atoms with E-state index in [1.54, 1.807) is 34.6 Å². The Morgan fingerprint density at radius 3 is 2.09 bits per heavy atom. The second-order valence-corrected chi connectivity index (χ2v) is 6.99. The lowest BCUT2D eigenvalue weighted by atomic mass is 10.1. The molecule has 0 spiro atoms. The quantitative estimate of drug-likeness (QED) is 0.812. The molecule has 0 radical (unpaired) electrons. The first-order valence-corrected chi connectivity index (χ1v) is 7.25. The Bertz CT molecular complexity index is 546. The Morgan fingerprint density at radius 2 is 1.61 bits per heavy atom. The number of amides is 1. The standard InChI is InChI=1S/C16H23F3N2O2/c1-15(2,3)23-14(22)21-16(4,5)9-20-8-10-6-11(17)13(19)12(18)7-10/h6-7,20H,8-9H2,1-5H3,(H,21,22). The van der Waals surface area contributed by atoms with Gasteiger partial charge in [-0.1, -0.05) is 0 Å². The summed E-state index contributed by atoms with van der Waals surface area (Å²) >= 11 is 0. The molecule has 1 rings (SSSR count). The predicted molar refractivity (Wildman–Crippen MR) is 81.5 cm³/mol. The molecule has 0 aliphatic carbocycles. The van der Waals surface area contributed by atoms with E-state index in [1.807, 2.05) is 0 Å². The molecule has 0 fully saturated rings. The topological polar surface area (TPSA) is 50.4 Å². The number of ether oxygens (including phenoxy) is 1. The number of carbonyl (C=O) groups is 1. The highest BCUT2D eigenvalue weighted by Gasteiger charge is 2.24. The molecule has 0 bridgehead atoms. The fourth-order valence-electron chi connectivity index (χ4n) is 1.85. The van der Waals surface area contributed by atoms with Crippen LogP contribution in [-0.4, -0.2) is 23.8 Å². The number of halogens is 3. The van der Waals surface area contributed by atoms with E-state index in [1.165, 1.54) is 0 Å². The van der Waals surface area contributed by atoms with E-state index in [9.17, 15) is 18.0 Å². The fourth-order valence-corrected chi connectivity index (χ4v) is 1.85. The minimum Gasteiger partial charge on any atom is -0.444 e. The number of hydrogen-bond acceptors (Lipinski definition) is 3. The van der Waals surface area contributed by atoms with Crippen molar-refractivity contribution in [2.24, 2.45) is 0 Å². The Kier molecular flexibility index (Phi) is 6.04. The van der Waals surface area contributed by atoms with Crippen LogP contribution in [0.2, 0.25) is 0 Å². The van der Waals surface area contributed by atoms with Gasteiger partial charge in [0.1, 0.15) is 5.60 Å². The second-order valence-electron chi connectivity index (χ2n) is 6.99. The summed E-state index contributed by atoms with van der Waals surface area (Å²) in [6, 6.07) is 1.86. The van der Waals surface area contributed by atoms with Crippen LogP contribution < -0.4 is 10.6 Å². The van der Waals surface area contributed by atoms with Crippen molar-refractivity contribution in [1.29, 1.82) is 0 Å². The maximum Gasteiger partial charge on any atom is 0.408 e. The Labute approximate surface area is 134 Å². The SMILES string of the molecule is CC(C)(CNCc1cc(F)c(F)c(F)c1)NC(=O)OC(C)(C)C. The highest BCUT2D eigenvalue weighted by molar-refractivity contribution is 5.68. The van der Waals surface area contributed by atoms with Crippen molar-refractivity contribution < 1.29 is 22.7 Å². The van der Waals surface area contributed by atoms with Gasteiger partial charge in [0.05, 0.1) is 5.54 Å². The molecule has 1 aromatic carbocycles. The van der Waals surface area contributed by atoms with E-state index in [-0.39, 0.29) is 12.1 Å². The van der Waals surface area contributed by atoms with Crippen molar-refractivity contribution in [2.75, 3.05) is 6.54 Å². The van der Waals surface area contributed by atoms with E-state index < -0.39 is 34.7 Å². The number of carbonyl (C=O) groups excluding carboxylic acids is 1. The van der Waals surface area contributed by atoms with E-state index in [0.717, 1.165) is 12.1 Å². The molecule has 23 heavy (non-hydrogen) atoms. The van der Waals surface area contributed by atoms with Gasteiger partial charge in [-0.05, 0) is 52.3 Å². The lowest BCUT2D eigenvalue weighted by Crippen LogP contribution is -2.51. The molecule has 2 N–H and O–H groups in total. The normalized spacial score (nSPS) is 12.2. The molecule has 0 heterocycles. The summed E-state index contributed by atoms with van der Waals surface area (Å²) in [7, 11) is 0. The molecular weight excluding hydrogens is 309 g/mol. The average molecular weight is 332 g/mol. The van der Waals surface area contributed by atoms with Crippen molar-refractivity contribution in [1.82, 2.24) is 10.6 Å². The van der Waals surface area contributed by atoms with Crippen LogP contribution in [0.1, 0.15) is 40.2 Å². The summed E-state index contributed by atoms with van der Waals surface area (Å²) in [5.74, 6) is -3.94. The van der Waals surface area contributed by atoms with Crippen LogP contribution in [0.4, 0.5) is 18.0 Å². The van der Waals surface area contributed by atoms with Gasteiger partial charge in [0, 0.05) is 13.1 Å². The third-order valence-corrected chi connectivity index (χ3v) is 2.78. The molecule has 0 unspecified atom stereocenters. The summed E-state index contributed by atoms with van der Waals surface area (Å²) < 4.78 is 44.3. The lowest BCUT2D eigenvalue weighted by molar-refractivity contribution is 0.0472. The first-order valence-electron chi connectivity index (χ1n) is 7.25. The van der Waals surface area contributed by atoms with E-state index in [2.05, 4.69) is 10.6 Å². The van der Waals surface area contributed by atoms with Crippen LogP contribution in [0.3, 0.4) is 0 Å².